The number of nitrogens with zero attached hydrogens (tertiary/aromatic N) is 3. The number of aliphatic imine (C=N–C) groups is 1. The van der Waals surface area contributed by atoms with Gasteiger partial charge in [0.05, 0.1) is 14.2 Å². The van der Waals surface area contributed by atoms with Gasteiger partial charge < -0.3 is 19.7 Å². The normalized spacial score (nSPS) is 17.6. The quantitative estimate of drug-likeness (QED) is 0.620. The maximum Gasteiger partial charge on any atom is 0.403 e. The third-order valence-electron chi connectivity index (χ3n) is 4.77. The molecular weight excluding hydrogens is 361 g/mol. The molecule has 27 heavy (non-hydrogen) atoms. The Morgan fingerprint density at radius 2 is 1.85 bits per heavy atom. The van der Waals surface area contributed by atoms with Crippen LogP contribution >= 0.6 is 0 Å². The van der Waals surface area contributed by atoms with Crippen LogP contribution in [0, 0.1) is 0 Å². The maximum absolute atomic E-state index is 12.9. The Kier molecular flexibility index (Phi) is 7.18. The molecule has 0 aliphatic carbocycles. The van der Waals surface area contributed by atoms with Gasteiger partial charge in [0.15, 0.2) is 17.5 Å². The van der Waals surface area contributed by atoms with Crippen molar-refractivity contribution in [1.29, 1.82) is 0 Å². The average molecular weight is 388 g/mol. The Morgan fingerprint density at radius 1 is 1.19 bits per heavy atom. The third-order valence-corrected chi connectivity index (χ3v) is 4.77. The highest BCUT2D eigenvalue weighted by Crippen LogP contribution is 2.30. The number of hydrogen-bond acceptors (Lipinski definition) is 4. The Morgan fingerprint density at radius 3 is 2.37 bits per heavy atom. The van der Waals surface area contributed by atoms with E-state index in [1.807, 2.05) is 23.1 Å². The number of piperazine rings is 1. The van der Waals surface area contributed by atoms with Crippen molar-refractivity contribution in [3.63, 3.8) is 0 Å². The monoisotopic (exact) mass is 388 g/mol. The first-order valence-corrected chi connectivity index (χ1v) is 8.78. The summed E-state index contributed by atoms with van der Waals surface area (Å²) in [6, 6.07) is 4.18. The summed E-state index contributed by atoms with van der Waals surface area (Å²) in [4.78, 5) is 7.68. The standard InChI is InChI=1S/C18H27F3N4O2/c1-13(18(19,20)21)24-8-10-25(11-9-24)17(22-2)23-12-14-6-5-7-15(26-3)16(14)27-4/h5-7,13H,8-12H2,1-4H3,(H,22,23). The van der Waals surface area contributed by atoms with Crippen molar-refractivity contribution in [3.05, 3.63) is 23.8 Å². The molecule has 0 aromatic heterocycles. The number of rotatable bonds is 5. The molecule has 0 saturated carbocycles. The summed E-state index contributed by atoms with van der Waals surface area (Å²) >= 11 is 0. The molecule has 1 atom stereocenters. The molecule has 6 nitrogen and oxygen atoms in total. The molecule has 0 bridgehead atoms. The fraction of sp³-hybridized carbons (Fsp3) is 0.611. The molecule has 1 aliphatic heterocycles. The van der Waals surface area contributed by atoms with E-state index < -0.39 is 12.2 Å². The number of benzene rings is 1. The molecule has 1 fully saturated rings. The number of hydrogen-bond donors (Lipinski definition) is 1. The van der Waals surface area contributed by atoms with Crippen LogP contribution in [0.3, 0.4) is 0 Å². The largest absolute Gasteiger partial charge is 0.493 e. The number of alkyl halides is 3. The lowest BCUT2D eigenvalue weighted by Crippen LogP contribution is -2.56. The molecule has 2 rings (SSSR count). The van der Waals surface area contributed by atoms with Gasteiger partial charge in [0.1, 0.15) is 6.04 Å². The summed E-state index contributed by atoms with van der Waals surface area (Å²) < 4.78 is 49.4. The minimum Gasteiger partial charge on any atom is -0.493 e. The van der Waals surface area contributed by atoms with Crippen molar-refractivity contribution in [2.24, 2.45) is 4.99 Å². The van der Waals surface area contributed by atoms with E-state index in [2.05, 4.69) is 10.3 Å². The van der Waals surface area contributed by atoms with Crippen LogP contribution in [0.1, 0.15) is 12.5 Å². The van der Waals surface area contributed by atoms with Crippen molar-refractivity contribution in [2.45, 2.75) is 25.7 Å². The Labute approximate surface area is 157 Å². The number of halogens is 3. The van der Waals surface area contributed by atoms with Gasteiger partial charge in [-0.3, -0.25) is 9.89 Å². The minimum absolute atomic E-state index is 0.337. The van der Waals surface area contributed by atoms with Crippen LogP contribution in [0.4, 0.5) is 13.2 Å². The highest BCUT2D eigenvalue weighted by atomic mass is 19.4. The molecular formula is C18H27F3N4O2. The summed E-state index contributed by atoms with van der Waals surface area (Å²) in [5.41, 5.74) is 0.905. The fourth-order valence-electron chi connectivity index (χ4n) is 3.13. The topological polar surface area (TPSA) is 49.3 Å². The average Bonchev–Trinajstić information content (AvgIpc) is 2.67. The van der Waals surface area contributed by atoms with Gasteiger partial charge in [0.2, 0.25) is 0 Å². The first kappa shape index (κ1) is 21.1. The molecule has 0 radical (unpaired) electrons. The number of ether oxygens (including phenoxy) is 2. The van der Waals surface area contributed by atoms with Crippen molar-refractivity contribution in [2.75, 3.05) is 47.4 Å². The third kappa shape index (κ3) is 5.18. The molecule has 0 amide bonds. The highest BCUT2D eigenvalue weighted by Gasteiger charge is 2.41. The molecule has 1 saturated heterocycles. The van der Waals surface area contributed by atoms with Gasteiger partial charge in [0, 0.05) is 45.3 Å². The summed E-state index contributed by atoms with van der Waals surface area (Å²) in [7, 11) is 4.82. The van der Waals surface area contributed by atoms with E-state index in [1.165, 1.54) is 11.8 Å². The lowest BCUT2D eigenvalue weighted by atomic mass is 10.2. The zero-order chi connectivity index (χ0) is 20.0. The van der Waals surface area contributed by atoms with E-state index in [0.29, 0.717) is 50.2 Å². The van der Waals surface area contributed by atoms with E-state index in [4.69, 9.17) is 9.47 Å². The number of guanidine groups is 1. The summed E-state index contributed by atoms with van der Waals surface area (Å²) in [5, 5.41) is 3.26. The van der Waals surface area contributed by atoms with Gasteiger partial charge in [-0.05, 0) is 13.0 Å². The molecule has 9 heteroatoms. The van der Waals surface area contributed by atoms with Crippen LogP contribution in [-0.2, 0) is 6.54 Å². The highest BCUT2D eigenvalue weighted by molar-refractivity contribution is 5.80. The second-order valence-electron chi connectivity index (χ2n) is 6.29. The SMILES string of the molecule is CN=C(NCc1cccc(OC)c1OC)N1CCN(C(C)C(F)(F)F)CC1. The van der Waals surface area contributed by atoms with Crippen LogP contribution < -0.4 is 14.8 Å². The van der Waals surface area contributed by atoms with Crippen LogP contribution in [0.5, 0.6) is 11.5 Å². The van der Waals surface area contributed by atoms with Crippen molar-refractivity contribution < 1.29 is 22.6 Å². The van der Waals surface area contributed by atoms with Crippen LogP contribution in [0.15, 0.2) is 23.2 Å². The molecule has 1 aromatic rings. The second kappa shape index (κ2) is 9.16. The molecule has 1 N–H and O–H groups in total. The van der Waals surface area contributed by atoms with E-state index in [9.17, 15) is 13.2 Å². The second-order valence-corrected chi connectivity index (χ2v) is 6.29. The summed E-state index contributed by atoms with van der Waals surface area (Å²) in [6.07, 6.45) is -4.20. The van der Waals surface area contributed by atoms with Gasteiger partial charge in [0.25, 0.3) is 0 Å². The number of nitrogens with one attached hydrogen (secondary N) is 1. The first-order chi connectivity index (χ1) is 12.8. The van der Waals surface area contributed by atoms with E-state index in [0.717, 1.165) is 5.56 Å². The van der Waals surface area contributed by atoms with E-state index >= 15 is 0 Å². The van der Waals surface area contributed by atoms with Crippen molar-refractivity contribution >= 4 is 5.96 Å². The number of para-hydroxylation sites is 1. The van der Waals surface area contributed by atoms with Crippen molar-refractivity contribution in [1.82, 2.24) is 15.1 Å². The minimum atomic E-state index is -4.20. The summed E-state index contributed by atoms with van der Waals surface area (Å²) in [5.74, 6) is 1.94. The van der Waals surface area contributed by atoms with Gasteiger partial charge in [-0.2, -0.15) is 13.2 Å². The van der Waals surface area contributed by atoms with Crippen LogP contribution in [0.2, 0.25) is 0 Å². The van der Waals surface area contributed by atoms with Gasteiger partial charge in [-0.15, -0.1) is 0 Å². The Bertz CT molecular complexity index is 644. The van der Waals surface area contributed by atoms with E-state index in [-0.39, 0.29) is 0 Å². The zero-order valence-electron chi connectivity index (χ0n) is 16.1. The van der Waals surface area contributed by atoms with Crippen LogP contribution in [-0.4, -0.2) is 75.4 Å². The summed E-state index contributed by atoms with van der Waals surface area (Å²) in [6.45, 7) is 3.31. The fourth-order valence-corrected chi connectivity index (χ4v) is 3.13. The Hall–Kier alpha value is -2.16. The molecule has 1 aliphatic rings. The lowest BCUT2D eigenvalue weighted by Gasteiger charge is -2.39. The molecule has 1 aromatic carbocycles. The van der Waals surface area contributed by atoms with Crippen LogP contribution in [0.25, 0.3) is 0 Å². The maximum atomic E-state index is 12.9. The van der Waals surface area contributed by atoms with Gasteiger partial charge >= 0.3 is 6.18 Å². The molecule has 1 heterocycles. The molecule has 1 unspecified atom stereocenters. The predicted octanol–water partition coefficient (Wildman–Crippen LogP) is 2.35. The smallest absolute Gasteiger partial charge is 0.403 e. The molecule has 152 valence electrons. The predicted molar refractivity (Wildman–Crippen MR) is 98.4 cm³/mol. The van der Waals surface area contributed by atoms with Crippen molar-refractivity contribution in [3.8, 4) is 11.5 Å². The Balaban J connectivity index is 1.96. The first-order valence-electron chi connectivity index (χ1n) is 8.78. The molecule has 0 spiro atoms. The lowest BCUT2D eigenvalue weighted by molar-refractivity contribution is -0.181. The van der Waals surface area contributed by atoms with Gasteiger partial charge in [-0.1, -0.05) is 12.1 Å². The number of methoxy groups -OCH3 is 2. The van der Waals surface area contributed by atoms with E-state index in [1.54, 1.807) is 21.3 Å². The van der Waals surface area contributed by atoms with Gasteiger partial charge in [-0.25, -0.2) is 0 Å². The zero-order valence-corrected chi connectivity index (χ0v) is 16.1.